The third-order valence-electron chi connectivity index (χ3n) is 20.6. The van der Waals surface area contributed by atoms with Gasteiger partial charge in [0.1, 0.15) is 96.7 Å². The molecule has 648 valence electrons. The van der Waals surface area contributed by atoms with E-state index in [0.29, 0.717) is 76.2 Å². The Morgan fingerprint density at radius 2 is 0.629 bits per heavy atom. The van der Waals surface area contributed by atoms with Crippen molar-refractivity contribution in [3.8, 4) is 0 Å². The van der Waals surface area contributed by atoms with Gasteiger partial charge in [-0.2, -0.15) is 0 Å². The maximum absolute atomic E-state index is 12.8. The van der Waals surface area contributed by atoms with Gasteiger partial charge in [-0.1, -0.05) is 182 Å². The highest BCUT2D eigenvalue weighted by atomic mass is 31.2. The number of nitrogens with zero attached hydrogens (tertiary/aromatic N) is 12. The van der Waals surface area contributed by atoms with Crippen LogP contribution in [0.5, 0.6) is 0 Å². The van der Waals surface area contributed by atoms with E-state index in [2.05, 4.69) is 76.8 Å². The molecule has 6 aliphatic rings. The van der Waals surface area contributed by atoms with Gasteiger partial charge in [-0.25, -0.2) is 59.2 Å². The van der Waals surface area contributed by atoms with Crippen LogP contribution in [0.25, 0.3) is 33.5 Å². The summed E-state index contributed by atoms with van der Waals surface area (Å²) in [7, 11) is -12.7. The number of amides is 6. The fourth-order valence-corrected chi connectivity index (χ4v) is 18.4. The molecule has 18 rings (SSSR count). The summed E-state index contributed by atoms with van der Waals surface area (Å²) in [5.74, 6) is 0.694. The topological polar surface area (TPSA) is 485 Å². The highest BCUT2D eigenvalue weighted by Gasteiger charge is 2.57. The molecule has 124 heavy (non-hydrogen) atoms. The summed E-state index contributed by atoms with van der Waals surface area (Å²) in [5, 5.41) is 16.0. The lowest BCUT2D eigenvalue weighted by Crippen LogP contribution is -2.32. The minimum Gasteiger partial charge on any atom is -0.778 e. The number of rotatable bonds is 28. The van der Waals surface area contributed by atoms with E-state index in [-0.39, 0.29) is 55.8 Å². The van der Waals surface area contributed by atoms with E-state index >= 15 is 0 Å². The zero-order chi connectivity index (χ0) is 85.9. The maximum atomic E-state index is 12.8. The van der Waals surface area contributed by atoms with Gasteiger partial charge in [0.25, 0.3) is 0 Å². The van der Waals surface area contributed by atoms with Gasteiger partial charge in [0.2, 0.25) is 0 Å². The van der Waals surface area contributed by atoms with E-state index in [1.165, 1.54) is 38.0 Å². The number of ether oxygens (including phenoxy) is 9. The number of hydrogen-bond acceptors (Lipinski definition) is 30. The highest BCUT2D eigenvalue weighted by Crippen LogP contribution is 2.51. The summed E-state index contributed by atoms with van der Waals surface area (Å²) in [5.41, 5.74) is 6.77. The van der Waals surface area contributed by atoms with E-state index in [4.69, 9.17) is 56.2 Å². The summed E-state index contributed by atoms with van der Waals surface area (Å²) >= 11 is 0. The summed E-state index contributed by atoms with van der Waals surface area (Å²) in [6.07, 6.45) is -2.13. The van der Waals surface area contributed by atoms with Crippen LogP contribution in [-0.2, 0) is 94.8 Å². The number of nitrogens with one attached hydrogen (secondary N) is 6. The number of anilines is 3. The summed E-state index contributed by atoms with van der Waals surface area (Å²) in [4.78, 5) is 114. The molecule has 6 fully saturated rings. The molecule has 0 radical (unpaired) electrons. The summed E-state index contributed by atoms with van der Waals surface area (Å²) in [6, 6.07) is 53.8. The number of urea groups is 3. The Bertz CT molecular complexity index is 5560. The van der Waals surface area contributed by atoms with Crippen LogP contribution in [-0.4, -0.2) is 177 Å². The molecular formula is C82H86N18O21P3-3. The van der Waals surface area contributed by atoms with Crippen molar-refractivity contribution in [3.05, 3.63) is 253 Å². The monoisotopic (exact) mass is 1750 g/mol. The van der Waals surface area contributed by atoms with Crippen molar-refractivity contribution >= 4 is 91.8 Å². The minimum absolute atomic E-state index is 0.230. The number of imidazole rings is 3. The molecule has 6 aromatic heterocycles. The number of hydrogen-bond donors (Lipinski definition) is 6. The molecule has 0 bridgehead atoms. The SMILES string of the molecule is CCNC(=O)Nc1ncnc2c1ncn2[C@@H]1O[C@H](COP(=O)([O-])Cc2ccccc2)C2OC(Cc3ccccc3)O[C@@H]21.CCNC(=O)Nc1ncnc2c1ncn2[C@@H]1O[C@H](COP(=O)([O-])Cc2ccccc2)C2O[C@@H](c3ccccc3)O[C@@H]21.CCNC(=O)Nc1ncnc2c1ncn2[C@@H]1O[C@H](COP(=O)([O-])Cc2ccccc2)C2O[C@H](c3ccccc3)O[C@@H]21. The van der Waals surface area contributed by atoms with Crippen LogP contribution >= 0.6 is 22.8 Å². The van der Waals surface area contributed by atoms with Crippen molar-refractivity contribution in [2.75, 3.05) is 55.4 Å². The Hall–Kier alpha value is -11.1. The van der Waals surface area contributed by atoms with Gasteiger partial charge in [-0.15, -0.1) is 0 Å². The van der Waals surface area contributed by atoms with E-state index in [9.17, 15) is 42.8 Å². The Morgan fingerprint density at radius 3 is 0.944 bits per heavy atom. The zero-order valence-corrected chi connectivity index (χ0v) is 69.5. The second-order valence-electron chi connectivity index (χ2n) is 29.1. The number of carbonyl (C=O) groups excluding carboxylic acids is 3. The smallest absolute Gasteiger partial charge is 0.320 e. The summed E-state index contributed by atoms with van der Waals surface area (Å²) < 4.78 is 116. The second kappa shape index (κ2) is 39.0. The van der Waals surface area contributed by atoms with Crippen LogP contribution in [0.2, 0.25) is 0 Å². The zero-order valence-electron chi connectivity index (χ0n) is 66.8. The molecular weight excluding hydrogens is 1670 g/mol. The first-order valence-corrected chi connectivity index (χ1v) is 45.1. The fourth-order valence-electron chi connectivity index (χ4n) is 15.0. The molecule has 12 aromatic rings. The number of carbonyl (C=O) groups is 3. The normalized spacial score (nSPS) is 25.0. The molecule has 0 aliphatic carbocycles. The van der Waals surface area contributed by atoms with Gasteiger partial charge in [0.05, 0.1) is 38.8 Å². The Labute approximate surface area is 708 Å². The Balaban J connectivity index is 0.000000137. The van der Waals surface area contributed by atoms with Crippen LogP contribution < -0.4 is 46.6 Å². The van der Waals surface area contributed by atoms with Gasteiger partial charge in [0.15, 0.2) is 88.5 Å². The Morgan fingerprint density at radius 1 is 0.355 bits per heavy atom. The number of benzene rings is 6. The third-order valence-corrected chi connectivity index (χ3v) is 24.4. The van der Waals surface area contributed by atoms with Gasteiger partial charge in [0, 0.05) is 55.7 Å². The van der Waals surface area contributed by atoms with Crippen LogP contribution in [0.15, 0.2) is 220 Å². The van der Waals surface area contributed by atoms with Gasteiger partial charge >= 0.3 is 18.1 Å². The van der Waals surface area contributed by atoms with Crippen molar-refractivity contribution in [3.63, 3.8) is 0 Å². The lowest BCUT2D eigenvalue weighted by Gasteiger charge is -2.26. The molecule has 39 nitrogen and oxygen atoms in total. The molecule has 6 aromatic carbocycles. The van der Waals surface area contributed by atoms with Gasteiger partial charge < -0.3 is 101 Å². The van der Waals surface area contributed by atoms with Crippen molar-refractivity contribution < 1.29 is 99.0 Å². The van der Waals surface area contributed by atoms with E-state index in [1.807, 2.05) is 109 Å². The largest absolute Gasteiger partial charge is 0.778 e. The minimum atomic E-state index is -4.23. The average Bonchev–Trinajstić information content (AvgIpc) is 1.60. The first-order valence-electron chi connectivity index (χ1n) is 39.9. The van der Waals surface area contributed by atoms with Crippen molar-refractivity contribution in [2.45, 2.75) is 138 Å². The maximum Gasteiger partial charge on any atom is 0.320 e. The molecule has 6 aliphatic heterocycles. The van der Waals surface area contributed by atoms with Crippen molar-refractivity contribution in [1.29, 1.82) is 0 Å². The fraction of sp³-hybridized carbons (Fsp3) is 0.341. The molecule has 6 saturated heterocycles. The molecule has 42 heteroatoms. The molecule has 0 spiro atoms. The third kappa shape index (κ3) is 20.4. The van der Waals surface area contributed by atoms with Crippen LogP contribution in [0.4, 0.5) is 31.8 Å². The molecule has 18 atom stereocenters. The number of aromatic nitrogens is 12. The van der Waals surface area contributed by atoms with Crippen molar-refractivity contribution in [2.24, 2.45) is 0 Å². The quantitative estimate of drug-likeness (QED) is 0.0249. The standard InChI is InChI=1S/C28H31N6O7P.2C27H29N6O7P/c1-2-29-28(35)33-25-22-26(31-16-30-25)34(17-32-22)27-24-23(40-21(41-24)13-18-9-5-3-6-10-18)20(39-27)14-38-42(36,37)15-19-11-7-4-8-12-19;2*1-2-28-27(34)32-23-20-24(30-15-29-23)33(16-31-20)25-22-21(39-26(40-22)18-11-7-4-8-12-18)19(38-25)13-37-41(35,36)14-17-9-5-3-6-10-17/h3-12,16-17,20-21,23-24,27H,2,13-15H2,1H3,(H,36,37)(H2,29,30,31,33,35);2*3-12,15-16,19,21-22,25-26H,2,13-14H2,1H3,(H,35,36)(H2,28,29,30,32,34)/p-3/t20-,21?,23?,24+,27-;19-,21?,22+,25-,26+;19-,21?,22+,25-,26-/m111/s1. The van der Waals surface area contributed by atoms with Crippen LogP contribution in [0.3, 0.4) is 0 Å². The predicted molar refractivity (Wildman–Crippen MR) is 438 cm³/mol. The van der Waals surface area contributed by atoms with Crippen LogP contribution in [0, 0.1) is 0 Å². The van der Waals surface area contributed by atoms with Gasteiger partial charge in [-0.05, 0) is 43.0 Å². The van der Waals surface area contributed by atoms with E-state index in [0.717, 1.165) is 16.7 Å². The lowest BCUT2D eigenvalue weighted by atomic mass is 10.1. The second-order valence-corrected chi connectivity index (χ2v) is 34.5. The van der Waals surface area contributed by atoms with Crippen molar-refractivity contribution in [1.82, 2.24) is 74.5 Å². The summed E-state index contributed by atoms with van der Waals surface area (Å²) in [6.45, 7) is 5.97. The first kappa shape index (κ1) is 86.4. The van der Waals surface area contributed by atoms with Crippen LogP contribution in [0.1, 0.15) is 85.4 Å². The predicted octanol–water partition coefficient (Wildman–Crippen LogP) is 9.22. The molecule has 6 amide bonds. The molecule has 7 unspecified atom stereocenters. The van der Waals surface area contributed by atoms with E-state index < -0.39 is 133 Å². The first-order chi connectivity index (χ1) is 60.2. The molecule has 0 saturated carbocycles. The molecule has 6 N–H and O–H groups in total. The molecule has 12 heterocycles. The van der Waals surface area contributed by atoms with E-state index in [1.54, 1.807) is 107 Å². The highest BCUT2D eigenvalue weighted by molar-refractivity contribution is 7.51. The number of fused-ring (bicyclic) bond motifs is 6. The van der Waals surface area contributed by atoms with Gasteiger partial charge in [-0.3, -0.25) is 29.7 Å². The average molecular weight is 1750 g/mol. The Kier molecular flexibility index (Phi) is 27.1. The lowest BCUT2D eigenvalue weighted by molar-refractivity contribution is -0.206.